The molecule has 1 saturated carbocycles. The van der Waals surface area contributed by atoms with Crippen LogP contribution in [0.2, 0.25) is 0 Å². The minimum atomic E-state index is 0.802. The SMILES string of the molecule is CCC1CCC(CNc2ccc(N)cc2Br)CC1. The zero-order chi connectivity index (χ0) is 13.0. The highest BCUT2D eigenvalue weighted by Gasteiger charge is 2.19. The van der Waals surface area contributed by atoms with Gasteiger partial charge < -0.3 is 11.1 Å². The number of hydrogen-bond donors (Lipinski definition) is 2. The third-order valence-corrected chi connectivity index (χ3v) is 4.77. The molecular formula is C15H23BrN2. The lowest BCUT2D eigenvalue weighted by atomic mass is 9.81. The first-order chi connectivity index (χ1) is 8.69. The van der Waals surface area contributed by atoms with Crippen molar-refractivity contribution in [2.24, 2.45) is 11.8 Å². The molecule has 0 bridgehead atoms. The molecule has 3 N–H and O–H groups in total. The van der Waals surface area contributed by atoms with Gasteiger partial charge in [-0.15, -0.1) is 0 Å². The monoisotopic (exact) mass is 310 g/mol. The van der Waals surface area contributed by atoms with Gasteiger partial charge in [0, 0.05) is 22.4 Å². The Kier molecular flexibility index (Phi) is 4.93. The van der Waals surface area contributed by atoms with E-state index in [9.17, 15) is 0 Å². The molecule has 0 saturated heterocycles. The highest BCUT2D eigenvalue weighted by atomic mass is 79.9. The van der Waals surface area contributed by atoms with E-state index >= 15 is 0 Å². The van der Waals surface area contributed by atoms with Gasteiger partial charge in [0.2, 0.25) is 0 Å². The van der Waals surface area contributed by atoms with Gasteiger partial charge in [-0.25, -0.2) is 0 Å². The maximum atomic E-state index is 5.74. The summed E-state index contributed by atoms with van der Waals surface area (Å²) < 4.78 is 1.06. The van der Waals surface area contributed by atoms with E-state index in [-0.39, 0.29) is 0 Å². The predicted molar refractivity (Wildman–Crippen MR) is 82.8 cm³/mol. The largest absolute Gasteiger partial charge is 0.399 e. The molecule has 18 heavy (non-hydrogen) atoms. The Morgan fingerprint density at radius 2 is 1.89 bits per heavy atom. The molecule has 0 radical (unpaired) electrons. The maximum absolute atomic E-state index is 5.74. The zero-order valence-electron chi connectivity index (χ0n) is 11.1. The number of hydrogen-bond acceptors (Lipinski definition) is 2. The van der Waals surface area contributed by atoms with Crippen molar-refractivity contribution in [1.82, 2.24) is 0 Å². The van der Waals surface area contributed by atoms with Gasteiger partial charge in [0.05, 0.1) is 0 Å². The number of nitrogen functional groups attached to an aromatic ring is 1. The van der Waals surface area contributed by atoms with E-state index in [0.717, 1.165) is 34.2 Å². The molecular weight excluding hydrogens is 288 g/mol. The minimum Gasteiger partial charge on any atom is -0.399 e. The van der Waals surface area contributed by atoms with E-state index < -0.39 is 0 Å². The molecule has 1 fully saturated rings. The smallest absolute Gasteiger partial charge is 0.0486 e. The first kappa shape index (κ1) is 13.7. The van der Waals surface area contributed by atoms with Crippen molar-refractivity contribution in [3.8, 4) is 0 Å². The fourth-order valence-electron chi connectivity index (χ4n) is 2.77. The Balaban J connectivity index is 1.81. The second-order valence-electron chi connectivity index (χ2n) is 5.42. The highest BCUT2D eigenvalue weighted by molar-refractivity contribution is 9.10. The van der Waals surface area contributed by atoms with Gasteiger partial charge in [-0.3, -0.25) is 0 Å². The molecule has 2 nitrogen and oxygen atoms in total. The van der Waals surface area contributed by atoms with Crippen molar-refractivity contribution < 1.29 is 0 Å². The number of anilines is 2. The molecule has 100 valence electrons. The predicted octanol–water partition coefficient (Wildman–Crippen LogP) is 4.66. The zero-order valence-corrected chi connectivity index (χ0v) is 12.7. The molecule has 0 aromatic heterocycles. The van der Waals surface area contributed by atoms with Gasteiger partial charge >= 0.3 is 0 Å². The van der Waals surface area contributed by atoms with Crippen LogP contribution in [0.15, 0.2) is 22.7 Å². The standard InChI is InChI=1S/C15H23BrN2/c1-2-11-3-5-12(6-4-11)10-18-15-8-7-13(17)9-14(15)16/h7-9,11-12,18H,2-6,10,17H2,1H3. The van der Waals surface area contributed by atoms with Crippen molar-refractivity contribution in [3.63, 3.8) is 0 Å². The summed E-state index contributed by atoms with van der Waals surface area (Å²) in [6.45, 7) is 3.40. The number of nitrogens with two attached hydrogens (primary N) is 1. The van der Waals surface area contributed by atoms with Crippen molar-refractivity contribution in [3.05, 3.63) is 22.7 Å². The molecule has 0 atom stereocenters. The topological polar surface area (TPSA) is 38.0 Å². The average molecular weight is 311 g/mol. The lowest BCUT2D eigenvalue weighted by Gasteiger charge is -2.28. The van der Waals surface area contributed by atoms with Crippen molar-refractivity contribution in [1.29, 1.82) is 0 Å². The van der Waals surface area contributed by atoms with Gasteiger partial charge in [-0.05, 0) is 58.8 Å². The molecule has 0 spiro atoms. The van der Waals surface area contributed by atoms with Crippen LogP contribution >= 0.6 is 15.9 Å². The third kappa shape index (κ3) is 3.64. The summed E-state index contributed by atoms with van der Waals surface area (Å²) in [5, 5.41) is 3.54. The molecule has 0 unspecified atom stereocenters. The molecule has 3 heteroatoms. The molecule has 1 aromatic rings. The summed E-state index contributed by atoms with van der Waals surface area (Å²) in [4.78, 5) is 0. The van der Waals surface area contributed by atoms with E-state index in [1.54, 1.807) is 0 Å². The summed E-state index contributed by atoms with van der Waals surface area (Å²) in [7, 11) is 0. The Morgan fingerprint density at radius 3 is 2.50 bits per heavy atom. The first-order valence-corrected chi connectivity index (χ1v) is 7.77. The minimum absolute atomic E-state index is 0.802. The summed E-state index contributed by atoms with van der Waals surface area (Å²) >= 11 is 3.55. The number of halogens is 1. The van der Waals surface area contributed by atoms with Crippen LogP contribution in [0.5, 0.6) is 0 Å². The highest BCUT2D eigenvalue weighted by Crippen LogP contribution is 2.31. The number of rotatable bonds is 4. The van der Waals surface area contributed by atoms with Gasteiger partial charge in [-0.1, -0.05) is 26.2 Å². The second-order valence-corrected chi connectivity index (χ2v) is 6.27. The molecule has 0 amide bonds. The van der Waals surface area contributed by atoms with Crippen LogP contribution < -0.4 is 11.1 Å². The summed E-state index contributed by atoms with van der Waals surface area (Å²) in [6.07, 6.45) is 6.91. The molecule has 0 heterocycles. The van der Waals surface area contributed by atoms with E-state index in [1.165, 1.54) is 32.1 Å². The quantitative estimate of drug-likeness (QED) is 0.794. The van der Waals surface area contributed by atoms with Crippen LogP contribution in [0.4, 0.5) is 11.4 Å². The van der Waals surface area contributed by atoms with Crippen LogP contribution in [-0.2, 0) is 0 Å². The van der Waals surface area contributed by atoms with Crippen LogP contribution in [0.3, 0.4) is 0 Å². The third-order valence-electron chi connectivity index (χ3n) is 4.12. The molecule has 0 aliphatic heterocycles. The first-order valence-electron chi connectivity index (χ1n) is 6.98. The van der Waals surface area contributed by atoms with Gasteiger partial charge in [-0.2, -0.15) is 0 Å². The normalized spacial score (nSPS) is 23.9. The maximum Gasteiger partial charge on any atom is 0.0486 e. The number of nitrogens with one attached hydrogen (secondary N) is 1. The van der Waals surface area contributed by atoms with Crippen LogP contribution in [0.25, 0.3) is 0 Å². The summed E-state index contributed by atoms with van der Waals surface area (Å²) in [5.74, 6) is 1.81. The summed E-state index contributed by atoms with van der Waals surface area (Å²) in [5.41, 5.74) is 7.70. The second kappa shape index (κ2) is 6.46. The Morgan fingerprint density at radius 1 is 1.22 bits per heavy atom. The van der Waals surface area contributed by atoms with E-state index in [1.807, 2.05) is 12.1 Å². The van der Waals surface area contributed by atoms with E-state index in [0.29, 0.717) is 0 Å². The fraction of sp³-hybridized carbons (Fsp3) is 0.600. The van der Waals surface area contributed by atoms with Crippen molar-refractivity contribution in [2.45, 2.75) is 39.0 Å². The van der Waals surface area contributed by atoms with Crippen molar-refractivity contribution >= 4 is 27.3 Å². The Bertz CT molecular complexity index is 384. The fourth-order valence-corrected chi connectivity index (χ4v) is 3.31. The summed E-state index contributed by atoms with van der Waals surface area (Å²) in [6, 6.07) is 5.95. The van der Waals surface area contributed by atoms with E-state index in [4.69, 9.17) is 5.73 Å². The van der Waals surface area contributed by atoms with E-state index in [2.05, 4.69) is 34.2 Å². The molecule has 1 aromatic carbocycles. The van der Waals surface area contributed by atoms with Crippen LogP contribution in [-0.4, -0.2) is 6.54 Å². The van der Waals surface area contributed by atoms with Crippen LogP contribution in [0.1, 0.15) is 39.0 Å². The van der Waals surface area contributed by atoms with Gasteiger partial charge in [0.25, 0.3) is 0 Å². The van der Waals surface area contributed by atoms with Crippen LogP contribution in [0, 0.1) is 11.8 Å². The number of benzene rings is 1. The lowest BCUT2D eigenvalue weighted by Crippen LogP contribution is -2.21. The Hall–Kier alpha value is -0.700. The molecule has 2 rings (SSSR count). The van der Waals surface area contributed by atoms with Gasteiger partial charge in [0.15, 0.2) is 0 Å². The molecule has 1 aliphatic carbocycles. The lowest BCUT2D eigenvalue weighted by molar-refractivity contribution is 0.278. The molecule has 1 aliphatic rings. The van der Waals surface area contributed by atoms with Crippen molar-refractivity contribution in [2.75, 3.05) is 17.6 Å². The van der Waals surface area contributed by atoms with Gasteiger partial charge in [0.1, 0.15) is 0 Å². The average Bonchev–Trinajstić information content (AvgIpc) is 2.38. The Labute approximate surface area is 118 Å².